The summed E-state index contributed by atoms with van der Waals surface area (Å²) in [6.07, 6.45) is 3.45. The van der Waals surface area contributed by atoms with Crippen molar-refractivity contribution in [2.24, 2.45) is 0 Å². The fourth-order valence-electron chi connectivity index (χ4n) is 2.45. The molecule has 3 rings (SSSR count). The first-order valence-corrected chi connectivity index (χ1v) is 6.08. The summed E-state index contributed by atoms with van der Waals surface area (Å²) in [6, 6.07) is 1.62. The van der Waals surface area contributed by atoms with E-state index in [1.807, 2.05) is 11.5 Å². The Balaban J connectivity index is 0.00000147. The fraction of sp³-hybridized carbons (Fsp3) is 0.286. The molecule has 2 heterocycles. The topological polar surface area (TPSA) is 67.2 Å². The van der Waals surface area contributed by atoms with Gasteiger partial charge in [0, 0.05) is 11.1 Å². The van der Waals surface area contributed by atoms with Gasteiger partial charge < -0.3 is 19.2 Å². The molecule has 0 fully saturated rings. The first-order valence-electron chi connectivity index (χ1n) is 6.08. The zero-order valence-electron chi connectivity index (χ0n) is 11.8. The van der Waals surface area contributed by atoms with Gasteiger partial charge in [0.15, 0.2) is 0 Å². The second kappa shape index (κ2) is 5.35. The van der Waals surface area contributed by atoms with E-state index in [1.54, 1.807) is 25.5 Å². The monoisotopic (exact) mass is 264 g/mol. The Hall–Kier alpha value is -1.70. The van der Waals surface area contributed by atoms with Gasteiger partial charge in [-0.05, 0) is 31.0 Å². The predicted octanol–water partition coefficient (Wildman–Crippen LogP) is -2.07. The van der Waals surface area contributed by atoms with Gasteiger partial charge in [-0.15, -0.1) is 0 Å². The number of hydrogen-bond acceptors (Lipinski definition) is 4. The molecule has 0 atom stereocenters. The van der Waals surface area contributed by atoms with E-state index >= 15 is 0 Å². The quantitative estimate of drug-likeness (QED) is 0.555. The molecule has 0 unspecified atom stereocenters. The maximum atomic E-state index is 11.2. The van der Waals surface area contributed by atoms with E-state index in [1.165, 1.54) is 0 Å². The van der Waals surface area contributed by atoms with Crippen molar-refractivity contribution in [2.45, 2.75) is 20.4 Å². The molecule has 2 aromatic rings. The Bertz CT molecular complexity index is 679. The predicted molar refractivity (Wildman–Crippen MR) is 67.0 cm³/mol. The van der Waals surface area contributed by atoms with Crippen LogP contribution in [0.3, 0.4) is 0 Å². The first-order chi connectivity index (χ1) is 9.09. The number of carboxylic acid groups (broad SMARTS) is 1. The molecule has 1 aromatic carbocycles. The number of carbonyl (C=O) groups excluding carboxylic acids is 1. The third-order valence-electron chi connectivity index (χ3n) is 3.63. The number of rotatable bonds is 1. The molecule has 1 aliphatic rings. The summed E-state index contributed by atoms with van der Waals surface area (Å²) in [6.45, 7) is 4.88. The van der Waals surface area contributed by atoms with Crippen molar-refractivity contribution in [3.63, 3.8) is 0 Å². The molecule has 0 radical (unpaired) electrons. The zero-order valence-corrected chi connectivity index (χ0v) is 11.8. The zero-order chi connectivity index (χ0) is 13.6. The Labute approximate surface area is 128 Å². The molecule has 1 aliphatic heterocycles. The number of carbonyl (C=O) groups is 1. The number of benzene rings is 1. The summed E-state index contributed by atoms with van der Waals surface area (Å²) >= 11 is 0. The number of ether oxygens (including phenoxy) is 1. The van der Waals surface area contributed by atoms with E-state index in [-0.39, 0.29) is 24.4 Å². The van der Waals surface area contributed by atoms with Crippen LogP contribution in [0, 0.1) is 13.8 Å². The molecule has 0 spiro atoms. The van der Waals surface area contributed by atoms with Crippen LogP contribution < -0.4 is 28.7 Å². The van der Waals surface area contributed by atoms with Crippen LogP contribution in [0.1, 0.15) is 21.5 Å². The van der Waals surface area contributed by atoms with Crippen LogP contribution in [0.25, 0.3) is 11.3 Å². The summed E-state index contributed by atoms with van der Waals surface area (Å²) in [7, 11) is 0. The van der Waals surface area contributed by atoms with Crippen molar-refractivity contribution in [1.29, 1.82) is 0 Å². The fourth-order valence-corrected chi connectivity index (χ4v) is 2.45. The smallest absolute Gasteiger partial charge is 0.545 e. The van der Waals surface area contributed by atoms with Crippen LogP contribution in [0.2, 0.25) is 0 Å². The molecule has 0 amide bonds. The average Bonchev–Trinajstić information content (AvgIpc) is 2.76. The number of fused-ring (bicyclic) bond motifs is 3. The van der Waals surface area contributed by atoms with Crippen molar-refractivity contribution >= 4 is 5.97 Å². The molecular formula is C14H13LiN2O3. The van der Waals surface area contributed by atoms with Crippen LogP contribution in [0.4, 0.5) is 0 Å². The molecule has 0 N–H and O–H groups in total. The average molecular weight is 264 g/mol. The molecule has 20 heavy (non-hydrogen) atoms. The van der Waals surface area contributed by atoms with Crippen molar-refractivity contribution in [2.75, 3.05) is 6.61 Å². The van der Waals surface area contributed by atoms with Crippen LogP contribution in [0.5, 0.6) is 5.75 Å². The SMILES string of the molecule is Cc1c(C(=O)[O-])cc2c(c1C)OCCn1cncc1-2.[Li+]. The molecule has 6 heteroatoms. The second-order valence-electron chi connectivity index (χ2n) is 4.66. The van der Waals surface area contributed by atoms with Crippen molar-refractivity contribution < 1.29 is 33.5 Å². The van der Waals surface area contributed by atoms with Crippen molar-refractivity contribution in [3.05, 3.63) is 35.3 Å². The second-order valence-corrected chi connectivity index (χ2v) is 4.66. The summed E-state index contributed by atoms with van der Waals surface area (Å²) in [5, 5.41) is 11.2. The van der Waals surface area contributed by atoms with Gasteiger partial charge in [-0.25, -0.2) is 4.98 Å². The Morgan fingerprint density at radius 3 is 2.85 bits per heavy atom. The van der Waals surface area contributed by atoms with E-state index in [4.69, 9.17) is 4.74 Å². The minimum Gasteiger partial charge on any atom is -0.545 e. The summed E-state index contributed by atoms with van der Waals surface area (Å²) in [5.41, 5.74) is 3.36. The Morgan fingerprint density at radius 1 is 1.40 bits per heavy atom. The summed E-state index contributed by atoms with van der Waals surface area (Å²) in [5.74, 6) is -0.430. The molecular weight excluding hydrogens is 251 g/mol. The molecule has 0 bridgehead atoms. The maximum absolute atomic E-state index is 11.2. The van der Waals surface area contributed by atoms with E-state index in [9.17, 15) is 9.90 Å². The van der Waals surface area contributed by atoms with Crippen LogP contribution >= 0.6 is 0 Å². The number of imidazole rings is 1. The molecule has 0 saturated carbocycles. The van der Waals surface area contributed by atoms with Crippen LogP contribution in [-0.2, 0) is 6.54 Å². The Kier molecular flexibility index (Phi) is 3.93. The minimum atomic E-state index is -1.17. The van der Waals surface area contributed by atoms with Gasteiger partial charge in [0.25, 0.3) is 0 Å². The van der Waals surface area contributed by atoms with Gasteiger partial charge in [-0.3, -0.25) is 0 Å². The summed E-state index contributed by atoms with van der Waals surface area (Å²) in [4.78, 5) is 15.3. The third-order valence-corrected chi connectivity index (χ3v) is 3.63. The van der Waals surface area contributed by atoms with Crippen LogP contribution in [-0.4, -0.2) is 22.1 Å². The standard InChI is InChI=1S/C14H14N2O3.Li/c1-8-9(2)13-11(5-10(8)14(17)18)12-6-15-7-16(12)3-4-19-13;/h5-7H,3-4H2,1-2H3,(H,17,18);/q;+1/p-1. The summed E-state index contributed by atoms with van der Waals surface area (Å²) < 4.78 is 7.73. The molecule has 1 aromatic heterocycles. The van der Waals surface area contributed by atoms with Gasteiger partial charge in [0.05, 0.1) is 30.7 Å². The Morgan fingerprint density at radius 2 is 2.15 bits per heavy atom. The van der Waals surface area contributed by atoms with Crippen molar-refractivity contribution in [1.82, 2.24) is 9.55 Å². The van der Waals surface area contributed by atoms with E-state index < -0.39 is 5.97 Å². The van der Waals surface area contributed by atoms with Gasteiger partial charge >= 0.3 is 18.9 Å². The van der Waals surface area contributed by atoms with E-state index in [0.29, 0.717) is 18.7 Å². The molecule has 0 aliphatic carbocycles. The minimum absolute atomic E-state index is 0. The van der Waals surface area contributed by atoms with Gasteiger partial charge in [0.1, 0.15) is 12.4 Å². The van der Waals surface area contributed by atoms with Crippen molar-refractivity contribution in [3.8, 4) is 17.0 Å². The largest absolute Gasteiger partial charge is 1.00 e. The number of nitrogens with zero attached hydrogens (tertiary/aromatic N) is 2. The number of carboxylic acids is 1. The maximum Gasteiger partial charge on any atom is 1.00 e. The van der Waals surface area contributed by atoms with E-state index in [0.717, 1.165) is 22.6 Å². The van der Waals surface area contributed by atoms with E-state index in [2.05, 4.69) is 4.98 Å². The first kappa shape index (κ1) is 14.7. The number of aromatic carboxylic acids is 1. The number of aromatic nitrogens is 2. The molecule has 98 valence electrons. The van der Waals surface area contributed by atoms with Gasteiger partial charge in [0.2, 0.25) is 0 Å². The molecule has 5 nitrogen and oxygen atoms in total. The number of hydrogen-bond donors (Lipinski definition) is 0. The van der Waals surface area contributed by atoms with Gasteiger partial charge in [-0.2, -0.15) is 0 Å². The molecule has 0 saturated heterocycles. The normalized spacial score (nSPS) is 12.5. The van der Waals surface area contributed by atoms with Crippen LogP contribution in [0.15, 0.2) is 18.6 Å². The van der Waals surface area contributed by atoms with Gasteiger partial charge in [-0.1, -0.05) is 0 Å². The third kappa shape index (κ3) is 2.13.